The third-order valence-electron chi connectivity index (χ3n) is 5.73. The standard InChI is InChI=1S/C25H29N3O2S/c1-3-28-17-16-26-18-23(28)20-12-14-21(15-13-20)27-31(29)24-11-7-10-22(25(24)30-2)19-8-5-4-6-9-19/h4-15,23,26-27H,3,16-18H2,1-2H3. The van der Waals surface area contributed by atoms with Gasteiger partial charge >= 0.3 is 0 Å². The Morgan fingerprint density at radius 1 is 1.06 bits per heavy atom. The van der Waals surface area contributed by atoms with E-state index in [-0.39, 0.29) is 0 Å². The van der Waals surface area contributed by atoms with Gasteiger partial charge in [0, 0.05) is 36.9 Å². The van der Waals surface area contributed by atoms with E-state index in [1.54, 1.807) is 7.11 Å². The fourth-order valence-electron chi connectivity index (χ4n) is 4.11. The zero-order valence-corrected chi connectivity index (χ0v) is 18.8. The molecule has 2 atom stereocenters. The summed E-state index contributed by atoms with van der Waals surface area (Å²) in [5.41, 5.74) is 4.05. The molecule has 0 bridgehead atoms. The monoisotopic (exact) mass is 435 g/mol. The Morgan fingerprint density at radius 3 is 2.55 bits per heavy atom. The fraction of sp³-hybridized carbons (Fsp3) is 0.280. The van der Waals surface area contributed by atoms with Crippen LogP contribution in [-0.2, 0) is 11.0 Å². The predicted molar refractivity (Wildman–Crippen MR) is 128 cm³/mol. The lowest BCUT2D eigenvalue weighted by atomic mass is 10.0. The maximum absolute atomic E-state index is 13.2. The molecule has 5 nitrogen and oxygen atoms in total. The van der Waals surface area contributed by atoms with Crippen LogP contribution in [0.1, 0.15) is 18.5 Å². The van der Waals surface area contributed by atoms with Gasteiger partial charge in [-0.05, 0) is 35.9 Å². The topological polar surface area (TPSA) is 53.6 Å². The molecule has 3 aromatic carbocycles. The van der Waals surface area contributed by atoms with Crippen LogP contribution in [0.2, 0.25) is 0 Å². The number of hydrogen-bond acceptors (Lipinski definition) is 4. The van der Waals surface area contributed by atoms with Crippen molar-refractivity contribution >= 4 is 16.7 Å². The summed E-state index contributed by atoms with van der Waals surface area (Å²) in [4.78, 5) is 3.11. The predicted octanol–water partition coefficient (Wildman–Crippen LogP) is 4.46. The molecule has 1 heterocycles. The molecule has 4 rings (SSSR count). The number of hydrogen-bond donors (Lipinski definition) is 2. The minimum Gasteiger partial charge on any atom is -0.495 e. The summed E-state index contributed by atoms with van der Waals surface area (Å²) in [5, 5.41) is 3.48. The molecule has 0 spiro atoms. The zero-order valence-electron chi connectivity index (χ0n) is 18.0. The molecule has 0 aromatic heterocycles. The Bertz CT molecular complexity index is 1020. The van der Waals surface area contributed by atoms with Gasteiger partial charge in [0.2, 0.25) is 0 Å². The van der Waals surface area contributed by atoms with Crippen LogP contribution < -0.4 is 14.8 Å². The highest BCUT2D eigenvalue weighted by Crippen LogP contribution is 2.35. The lowest BCUT2D eigenvalue weighted by Gasteiger charge is -2.35. The lowest BCUT2D eigenvalue weighted by molar-refractivity contribution is 0.171. The highest BCUT2D eigenvalue weighted by Gasteiger charge is 2.22. The van der Waals surface area contributed by atoms with Crippen molar-refractivity contribution < 1.29 is 8.95 Å². The first-order chi connectivity index (χ1) is 15.2. The van der Waals surface area contributed by atoms with Crippen molar-refractivity contribution in [2.75, 3.05) is 38.0 Å². The van der Waals surface area contributed by atoms with Crippen LogP contribution in [0.15, 0.2) is 77.7 Å². The first-order valence-electron chi connectivity index (χ1n) is 10.7. The molecule has 162 valence electrons. The Balaban J connectivity index is 1.53. The zero-order chi connectivity index (χ0) is 21.6. The molecule has 6 heteroatoms. The van der Waals surface area contributed by atoms with Gasteiger partial charge in [-0.15, -0.1) is 0 Å². The van der Waals surface area contributed by atoms with Crippen LogP contribution in [0.25, 0.3) is 11.1 Å². The van der Waals surface area contributed by atoms with E-state index in [4.69, 9.17) is 4.74 Å². The normalized spacial score (nSPS) is 17.8. The molecule has 3 aromatic rings. The molecular weight excluding hydrogens is 406 g/mol. The Morgan fingerprint density at radius 2 is 1.84 bits per heavy atom. The number of piperazine rings is 1. The number of methoxy groups -OCH3 is 1. The number of nitrogens with zero attached hydrogens (tertiary/aromatic N) is 1. The molecule has 1 aliphatic rings. The Labute approximate surface area is 187 Å². The van der Waals surface area contributed by atoms with E-state index in [9.17, 15) is 4.21 Å². The highest BCUT2D eigenvalue weighted by molar-refractivity contribution is 7.86. The van der Waals surface area contributed by atoms with Crippen LogP contribution in [0.3, 0.4) is 0 Å². The summed E-state index contributed by atoms with van der Waals surface area (Å²) >= 11 is 0. The van der Waals surface area contributed by atoms with E-state index in [1.165, 1.54) is 5.56 Å². The molecule has 0 saturated carbocycles. The summed E-state index contributed by atoms with van der Waals surface area (Å²) < 4.78 is 22.0. The molecular formula is C25H29N3O2S. The summed E-state index contributed by atoms with van der Waals surface area (Å²) in [6.45, 7) is 6.29. The molecule has 0 aliphatic carbocycles. The largest absolute Gasteiger partial charge is 0.495 e. The third-order valence-corrected chi connectivity index (χ3v) is 6.88. The van der Waals surface area contributed by atoms with Gasteiger partial charge in [0.1, 0.15) is 10.6 Å². The maximum atomic E-state index is 13.2. The average Bonchev–Trinajstić information content (AvgIpc) is 2.84. The number of anilines is 1. The number of ether oxygens (including phenoxy) is 1. The van der Waals surface area contributed by atoms with Crippen LogP contribution in [0.5, 0.6) is 5.75 Å². The van der Waals surface area contributed by atoms with Crippen LogP contribution in [0, 0.1) is 0 Å². The van der Waals surface area contributed by atoms with Crippen molar-refractivity contribution in [3.05, 3.63) is 78.4 Å². The molecule has 1 fully saturated rings. The van der Waals surface area contributed by atoms with Gasteiger partial charge in [-0.1, -0.05) is 61.5 Å². The summed E-state index contributed by atoms with van der Waals surface area (Å²) in [5.74, 6) is 0.628. The highest BCUT2D eigenvalue weighted by atomic mass is 32.2. The van der Waals surface area contributed by atoms with Crippen LogP contribution in [0.4, 0.5) is 5.69 Å². The van der Waals surface area contributed by atoms with Crippen LogP contribution in [-0.4, -0.2) is 42.4 Å². The molecule has 0 radical (unpaired) electrons. The van der Waals surface area contributed by atoms with Crippen LogP contribution >= 0.6 is 0 Å². The smallest absolute Gasteiger partial charge is 0.154 e. The van der Waals surface area contributed by atoms with Gasteiger partial charge in [-0.3, -0.25) is 4.90 Å². The third kappa shape index (κ3) is 4.82. The maximum Gasteiger partial charge on any atom is 0.154 e. The minimum atomic E-state index is -1.45. The Kier molecular flexibility index (Phi) is 7.02. The molecule has 0 amide bonds. The van der Waals surface area contributed by atoms with Gasteiger partial charge < -0.3 is 14.8 Å². The molecule has 1 saturated heterocycles. The molecule has 2 unspecified atom stereocenters. The SMILES string of the molecule is CCN1CCNCC1c1ccc(NS(=O)c2cccc(-c3ccccc3)c2OC)cc1. The van der Waals surface area contributed by atoms with Gasteiger partial charge in [0.15, 0.2) is 11.0 Å². The second-order valence-electron chi connectivity index (χ2n) is 7.54. The van der Waals surface area contributed by atoms with Crippen molar-refractivity contribution in [3.63, 3.8) is 0 Å². The first-order valence-corrected chi connectivity index (χ1v) is 11.8. The van der Waals surface area contributed by atoms with E-state index in [1.807, 2.05) is 60.7 Å². The molecule has 31 heavy (non-hydrogen) atoms. The van der Waals surface area contributed by atoms with E-state index in [2.05, 4.69) is 34.0 Å². The number of para-hydroxylation sites is 1. The van der Waals surface area contributed by atoms with Gasteiger partial charge in [-0.25, -0.2) is 4.21 Å². The minimum absolute atomic E-state index is 0.376. The van der Waals surface area contributed by atoms with Crippen molar-refractivity contribution in [1.82, 2.24) is 10.2 Å². The van der Waals surface area contributed by atoms with E-state index < -0.39 is 11.0 Å². The van der Waals surface area contributed by atoms with Gasteiger partial charge in [0.25, 0.3) is 0 Å². The lowest BCUT2D eigenvalue weighted by Crippen LogP contribution is -2.45. The summed E-state index contributed by atoms with van der Waals surface area (Å²) in [6, 6.07) is 24.4. The van der Waals surface area contributed by atoms with E-state index >= 15 is 0 Å². The molecule has 1 aliphatic heterocycles. The van der Waals surface area contributed by atoms with Gasteiger partial charge in [0.05, 0.1) is 7.11 Å². The van der Waals surface area contributed by atoms with E-state index in [0.29, 0.717) is 16.7 Å². The van der Waals surface area contributed by atoms with Crippen molar-refractivity contribution in [2.45, 2.75) is 17.9 Å². The van der Waals surface area contributed by atoms with Crippen molar-refractivity contribution in [1.29, 1.82) is 0 Å². The summed E-state index contributed by atoms with van der Waals surface area (Å²) in [7, 11) is 0.172. The molecule has 2 N–H and O–H groups in total. The Hall–Kier alpha value is -2.67. The number of likely N-dealkylation sites (N-methyl/N-ethyl adjacent to an activating group) is 1. The average molecular weight is 436 g/mol. The first kappa shape index (κ1) is 21.6. The number of benzene rings is 3. The second kappa shape index (κ2) is 10.1. The van der Waals surface area contributed by atoms with E-state index in [0.717, 1.165) is 43.0 Å². The fourth-order valence-corrected chi connectivity index (χ4v) is 5.13. The van der Waals surface area contributed by atoms with Gasteiger partial charge in [-0.2, -0.15) is 0 Å². The van der Waals surface area contributed by atoms with Crippen molar-refractivity contribution in [2.24, 2.45) is 0 Å². The quantitative estimate of drug-likeness (QED) is 0.575. The number of rotatable bonds is 7. The van der Waals surface area contributed by atoms with Crippen molar-refractivity contribution in [3.8, 4) is 16.9 Å². The number of nitrogens with one attached hydrogen (secondary N) is 2. The summed E-state index contributed by atoms with van der Waals surface area (Å²) in [6.07, 6.45) is 0. The second-order valence-corrected chi connectivity index (χ2v) is 8.73.